The largest absolute Gasteiger partial charge is 0.489 e. The number of nitrogens with two attached hydrogens (primary N) is 1. The first-order chi connectivity index (χ1) is 59.8. The number of hydrogen-bond donors (Lipinski definition) is 5. The molecule has 0 spiro atoms. The van der Waals surface area contributed by atoms with Gasteiger partial charge in [0.25, 0.3) is 12.4 Å². The van der Waals surface area contributed by atoms with E-state index in [1.165, 1.54) is 28.8 Å². The first kappa shape index (κ1) is 91.0. The third-order valence-corrected chi connectivity index (χ3v) is 24.4. The summed E-state index contributed by atoms with van der Waals surface area (Å²) in [6.45, 7) is 7.14. The SMILES string of the molecule is Cc1cccc(OCc2ccc(-c3cc(OC=O)c(NC(=O)c4ccc(Oc5ccccc5)cc4)cc3CCCN3CCOCC3)cc2)c1.Nc1ccc(SCCc2ccccc2)cc1C(=O)O.O=C(Cc1ccc(SCCc2ccccc2)cc1C(=O)O)c1ccccc1.O=C(O)c1cc(SCCc2ccccc2)ccc1CS(=O)(=O)c1ccccc1. The van der Waals surface area contributed by atoms with Crippen LogP contribution in [0.2, 0.25) is 0 Å². The summed E-state index contributed by atoms with van der Waals surface area (Å²) in [7, 11) is -3.61. The average Bonchev–Trinajstić information content (AvgIpc) is 0.792. The van der Waals surface area contributed by atoms with Crippen molar-refractivity contribution in [3.05, 3.63) is 394 Å². The molecule has 1 heterocycles. The lowest BCUT2D eigenvalue weighted by molar-refractivity contribution is -0.120. The molecule has 18 nitrogen and oxygen atoms in total. The number of ketones is 1. The number of benzene rings is 13. The van der Waals surface area contributed by atoms with Crippen molar-refractivity contribution in [3.63, 3.8) is 0 Å². The monoisotopic (exact) mass is 1720 g/mol. The van der Waals surface area contributed by atoms with E-state index in [1.54, 1.807) is 144 Å². The molecule has 1 saturated heterocycles. The number of thioether (sulfide) groups is 3. The Kier molecular flexibility index (Phi) is 35.1. The van der Waals surface area contributed by atoms with E-state index in [0.717, 1.165) is 130 Å². The number of hydrogen-bond acceptors (Lipinski definition) is 17. The number of rotatable bonds is 35. The smallest absolute Gasteiger partial charge is 0.337 e. The number of ether oxygens (including phenoxy) is 4. The van der Waals surface area contributed by atoms with Gasteiger partial charge in [0.2, 0.25) is 0 Å². The van der Waals surface area contributed by atoms with Gasteiger partial charge in [-0.25, -0.2) is 22.8 Å². The van der Waals surface area contributed by atoms with E-state index in [4.69, 9.17) is 29.8 Å². The molecule has 0 saturated carbocycles. The zero-order valence-electron chi connectivity index (χ0n) is 67.9. The van der Waals surface area contributed by atoms with E-state index in [-0.39, 0.29) is 51.2 Å². The lowest BCUT2D eigenvalue weighted by Crippen LogP contribution is -2.36. The summed E-state index contributed by atoms with van der Waals surface area (Å²) in [6.07, 6.45) is 4.51. The lowest BCUT2D eigenvalue weighted by Gasteiger charge is -2.26. The Morgan fingerprint density at radius 3 is 1.50 bits per heavy atom. The fraction of sp³-hybridized carbons (Fsp3) is 0.168. The number of carbonyl (C=O) groups excluding carboxylic acids is 3. The molecule has 628 valence electrons. The van der Waals surface area contributed by atoms with Gasteiger partial charge in [-0.3, -0.25) is 19.3 Å². The van der Waals surface area contributed by atoms with Crippen LogP contribution < -0.4 is 25.3 Å². The third kappa shape index (κ3) is 29.2. The number of nitrogens with zero attached hydrogens (tertiary/aromatic N) is 1. The molecule has 123 heavy (non-hydrogen) atoms. The van der Waals surface area contributed by atoms with Gasteiger partial charge in [0.05, 0.1) is 46.2 Å². The number of morpholine rings is 1. The Labute approximate surface area is 730 Å². The number of nitrogen functional groups attached to an aromatic ring is 1. The topological polar surface area (TPSA) is 275 Å². The molecule has 0 atom stereocenters. The number of sulfone groups is 1. The minimum absolute atomic E-state index is 0.0317. The Bertz CT molecular complexity index is 5740. The molecular weight excluding hydrogens is 1620 g/mol. The number of aromatic carboxylic acids is 3. The van der Waals surface area contributed by atoms with Crippen molar-refractivity contribution in [2.45, 2.75) is 77.4 Å². The van der Waals surface area contributed by atoms with Gasteiger partial charge in [0.15, 0.2) is 21.4 Å². The van der Waals surface area contributed by atoms with E-state index < -0.39 is 27.7 Å². The van der Waals surface area contributed by atoms with Gasteiger partial charge in [0.1, 0.15) is 23.9 Å². The molecule has 22 heteroatoms. The Morgan fingerprint density at radius 2 is 0.967 bits per heavy atom. The summed E-state index contributed by atoms with van der Waals surface area (Å²) in [4.78, 5) is 77.0. The second kappa shape index (κ2) is 47.4. The Hall–Kier alpha value is -12.8. The number of carboxylic acid groups (broad SMARTS) is 3. The minimum atomic E-state index is -3.61. The van der Waals surface area contributed by atoms with E-state index in [9.17, 15) is 47.4 Å². The maximum Gasteiger partial charge on any atom is 0.337 e. The summed E-state index contributed by atoms with van der Waals surface area (Å²) in [5.41, 5.74) is 17.5. The van der Waals surface area contributed by atoms with Crippen molar-refractivity contribution in [2.24, 2.45) is 0 Å². The van der Waals surface area contributed by atoms with E-state index >= 15 is 0 Å². The van der Waals surface area contributed by atoms with Crippen LogP contribution in [-0.2, 0) is 63.8 Å². The molecule has 0 bridgehead atoms. The fourth-order valence-electron chi connectivity index (χ4n) is 13.2. The number of nitrogens with one attached hydrogen (secondary N) is 1. The van der Waals surface area contributed by atoms with Crippen LogP contribution in [0.15, 0.2) is 341 Å². The Morgan fingerprint density at radius 1 is 0.480 bits per heavy atom. The number of carbonyl (C=O) groups is 6. The number of para-hydroxylation sites is 1. The molecule has 1 aliphatic rings. The van der Waals surface area contributed by atoms with Crippen LogP contribution in [0.4, 0.5) is 11.4 Å². The van der Waals surface area contributed by atoms with Gasteiger partial charge in [-0.1, -0.05) is 206 Å². The van der Waals surface area contributed by atoms with Crippen molar-refractivity contribution in [3.8, 4) is 34.1 Å². The highest BCUT2D eigenvalue weighted by Gasteiger charge is 2.23. The highest BCUT2D eigenvalue weighted by atomic mass is 32.2. The van der Waals surface area contributed by atoms with Crippen molar-refractivity contribution in [1.29, 1.82) is 0 Å². The molecular formula is C101H95N3O15S4. The van der Waals surface area contributed by atoms with E-state index in [1.807, 2.05) is 159 Å². The maximum absolute atomic E-state index is 13.4. The lowest BCUT2D eigenvalue weighted by atomic mass is 9.94. The summed E-state index contributed by atoms with van der Waals surface area (Å²) in [6, 6.07) is 99.2. The highest BCUT2D eigenvalue weighted by molar-refractivity contribution is 7.99. The molecule has 0 radical (unpaired) electrons. The van der Waals surface area contributed by atoms with Crippen LogP contribution in [0.25, 0.3) is 11.1 Å². The number of Topliss-reactive ketones (excluding diaryl/α,β-unsaturated/α-hetero) is 1. The molecule has 0 aromatic heterocycles. The van der Waals surface area contributed by atoms with Gasteiger partial charge >= 0.3 is 17.9 Å². The van der Waals surface area contributed by atoms with Crippen molar-refractivity contribution in [2.75, 3.05) is 61.2 Å². The number of aryl methyl sites for hydroxylation is 5. The highest BCUT2D eigenvalue weighted by Crippen LogP contribution is 2.37. The fourth-order valence-corrected chi connectivity index (χ4v) is 17.4. The summed E-state index contributed by atoms with van der Waals surface area (Å²) >= 11 is 4.82. The molecule has 6 N–H and O–H groups in total. The predicted octanol–water partition coefficient (Wildman–Crippen LogP) is 21.2. The second-order valence-corrected chi connectivity index (χ2v) is 34.1. The predicted molar refractivity (Wildman–Crippen MR) is 490 cm³/mol. The van der Waals surface area contributed by atoms with Crippen LogP contribution in [0.1, 0.15) is 103 Å². The number of amides is 1. The molecule has 13 aromatic rings. The van der Waals surface area contributed by atoms with E-state index in [0.29, 0.717) is 58.2 Å². The summed E-state index contributed by atoms with van der Waals surface area (Å²) < 4.78 is 48.0. The van der Waals surface area contributed by atoms with Gasteiger partial charge in [-0.05, 0) is 216 Å². The van der Waals surface area contributed by atoms with Crippen LogP contribution in [0.3, 0.4) is 0 Å². The molecule has 1 fully saturated rings. The molecule has 14 rings (SSSR count). The number of anilines is 2. The molecule has 13 aromatic carbocycles. The van der Waals surface area contributed by atoms with Crippen molar-refractivity contribution < 1.29 is 71.5 Å². The quantitative estimate of drug-likeness (QED) is 0.0107. The van der Waals surface area contributed by atoms with Gasteiger partial charge < -0.3 is 45.3 Å². The molecule has 1 amide bonds. The first-order valence-corrected chi connectivity index (χ1v) is 44.6. The van der Waals surface area contributed by atoms with Crippen molar-refractivity contribution in [1.82, 2.24) is 4.90 Å². The van der Waals surface area contributed by atoms with Gasteiger partial charge in [0, 0.05) is 68.3 Å². The van der Waals surface area contributed by atoms with Crippen LogP contribution in [-0.4, -0.2) is 115 Å². The van der Waals surface area contributed by atoms with Gasteiger partial charge in [-0.2, -0.15) is 0 Å². The normalized spacial score (nSPS) is 11.7. The standard InChI is InChI=1S/C41H40N2O6.C23H20O3S.C22H20O4S2.C15H15NO2S/c1-30-7-5-11-37(25-30)47-28-31-12-14-32(15-13-31)38-27-40(48-29-44)39(26-34(38)8-6-20-43-21-23-46-24-22-43)42-41(45)33-16-18-36(19-17-33)49-35-9-3-2-4-10-35;24-22(18-9-5-2-6-10-18)15-19-11-12-20(16-21(19)23(25)26)27-14-13-17-7-3-1-4-8-17;23-22(24)21-15-19(27-14-13-17-7-3-1-4-8-17)12-11-18(21)16-28(25,26)20-9-5-2-6-10-20;16-14-7-6-12(10-13(14)15(17)18)19-9-8-11-4-2-1-3-5-11/h2-5,7,9-19,25-27,29H,6,8,20-24,28H2,1H3,(H,42,45);1-12,16H,13-15H2,(H,25,26);1-12,15H,13-14,16H2,(H,23,24);1-7,10H,8-9,16H2,(H,17,18). The number of carboxylic acids is 3. The third-order valence-electron chi connectivity index (χ3n) is 19.7. The van der Waals surface area contributed by atoms with Crippen LogP contribution >= 0.6 is 35.3 Å². The second-order valence-electron chi connectivity index (χ2n) is 28.6. The molecule has 0 unspecified atom stereocenters. The molecule has 1 aliphatic heterocycles. The van der Waals surface area contributed by atoms with Gasteiger partial charge in [-0.15, -0.1) is 35.3 Å². The zero-order chi connectivity index (χ0) is 86.6. The average molecular weight is 1720 g/mol. The minimum Gasteiger partial charge on any atom is -0.489 e. The summed E-state index contributed by atoms with van der Waals surface area (Å²) in [5, 5.41) is 31.1. The molecule has 0 aliphatic carbocycles. The summed E-state index contributed by atoms with van der Waals surface area (Å²) in [5.74, 6) is 1.16. The van der Waals surface area contributed by atoms with Crippen molar-refractivity contribution >= 4 is 92.6 Å². The van der Waals surface area contributed by atoms with Crippen LogP contribution in [0.5, 0.6) is 23.0 Å². The van der Waals surface area contributed by atoms with E-state index in [2.05, 4.69) is 58.7 Å². The zero-order valence-corrected chi connectivity index (χ0v) is 71.2. The first-order valence-electron chi connectivity index (χ1n) is 40.0. The maximum atomic E-state index is 13.4. The van der Waals surface area contributed by atoms with Crippen LogP contribution in [0, 0.1) is 6.92 Å². The Balaban J connectivity index is 0.000000171.